The largest absolute Gasteiger partial charge is 0.489 e. The highest BCUT2D eigenvalue weighted by atomic mass is 79.9. The predicted octanol–water partition coefficient (Wildman–Crippen LogP) is 8.63. The van der Waals surface area contributed by atoms with Crippen molar-refractivity contribution in [3.63, 3.8) is 0 Å². The van der Waals surface area contributed by atoms with Crippen LogP contribution >= 0.6 is 50.9 Å². The molecule has 5 rings (SSSR count). The van der Waals surface area contributed by atoms with Crippen molar-refractivity contribution in [2.75, 3.05) is 0 Å². The van der Waals surface area contributed by atoms with Crippen molar-refractivity contribution in [2.24, 2.45) is 4.99 Å². The molecule has 5 nitrogen and oxygen atoms in total. The van der Waals surface area contributed by atoms with Crippen molar-refractivity contribution in [3.8, 4) is 11.4 Å². The number of aryl methyl sites for hydroxylation is 1. The van der Waals surface area contributed by atoms with Crippen molar-refractivity contribution >= 4 is 73.7 Å². The first-order valence-electron chi connectivity index (χ1n) is 11.7. The fourth-order valence-electron chi connectivity index (χ4n) is 4.08. The molecule has 0 radical (unpaired) electrons. The van der Waals surface area contributed by atoms with Crippen molar-refractivity contribution in [1.82, 2.24) is 9.88 Å². The van der Waals surface area contributed by atoms with Gasteiger partial charge in [0.1, 0.15) is 12.4 Å². The van der Waals surface area contributed by atoms with Gasteiger partial charge in [-0.1, -0.05) is 57.3 Å². The lowest BCUT2D eigenvalue weighted by Crippen LogP contribution is -2.19. The first-order valence-corrected chi connectivity index (χ1v) is 14.1. The van der Waals surface area contributed by atoms with Gasteiger partial charge in [0, 0.05) is 21.5 Å². The van der Waals surface area contributed by atoms with Crippen molar-refractivity contribution < 1.29 is 9.53 Å². The molecule has 0 saturated carbocycles. The fraction of sp³-hybridized carbons (Fsp3) is 0.103. The number of hydrogen-bond acceptors (Lipinski definition) is 4. The number of benzene rings is 3. The van der Waals surface area contributed by atoms with Gasteiger partial charge in [-0.2, -0.15) is 0 Å². The first-order chi connectivity index (χ1) is 18.3. The lowest BCUT2D eigenvalue weighted by Gasteiger charge is -2.11. The zero-order valence-corrected chi connectivity index (χ0v) is 24.4. The lowest BCUT2D eigenvalue weighted by molar-refractivity contribution is -0.115. The molecule has 1 aromatic heterocycles. The lowest BCUT2D eigenvalue weighted by atomic mass is 10.2. The van der Waals surface area contributed by atoms with Crippen LogP contribution in [0.1, 0.15) is 22.5 Å². The van der Waals surface area contributed by atoms with Gasteiger partial charge in [-0.25, -0.2) is 4.99 Å². The van der Waals surface area contributed by atoms with E-state index >= 15 is 0 Å². The van der Waals surface area contributed by atoms with E-state index in [1.54, 1.807) is 18.2 Å². The number of rotatable bonds is 6. The number of thioether (sulfide) groups is 1. The summed E-state index contributed by atoms with van der Waals surface area (Å²) < 4.78 is 9.15. The van der Waals surface area contributed by atoms with Crippen LogP contribution in [0.5, 0.6) is 5.75 Å². The van der Waals surface area contributed by atoms with Crippen molar-refractivity contribution in [1.29, 1.82) is 0 Å². The zero-order valence-electron chi connectivity index (χ0n) is 20.5. The monoisotopic (exact) mass is 625 g/mol. The SMILES string of the molecule is Cc1cc(/C=C2\SC(=Nc3cccc(Cl)c3Cl)NC2=O)c(C)n1-c1ccc(OCc2ccc(Br)cc2)cc1. The molecule has 0 atom stereocenters. The minimum Gasteiger partial charge on any atom is -0.489 e. The Morgan fingerprint density at radius 2 is 1.79 bits per heavy atom. The second-order valence-corrected chi connectivity index (χ2v) is 11.4. The highest BCUT2D eigenvalue weighted by Gasteiger charge is 2.25. The molecule has 1 aliphatic heterocycles. The number of amides is 1. The summed E-state index contributed by atoms with van der Waals surface area (Å²) in [5, 5.41) is 4.02. The van der Waals surface area contributed by atoms with Gasteiger partial charge in [-0.05, 0) is 97.4 Å². The van der Waals surface area contributed by atoms with Gasteiger partial charge >= 0.3 is 0 Å². The van der Waals surface area contributed by atoms with Gasteiger partial charge < -0.3 is 14.6 Å². The van der Waals surface area contributed by atoms with Crippen LogP contribution in [0, 0.1) is 13.8 Å². The third kappa shape index (κ3) is 5.86. The van der Waals surface area contributed by atoms with Gasteiger partial charge in [0.2, 0.25) is 0 Å². The first kappa shape index (κ1) is 26.6. The van der Waals surface area contributed by atoms with Crippen LogP contribution in [-0.2, 0) is 11.4 Å². The number of hydrogen-bond donors (Lipinski definition) is 1. The van der Waals surface area contributed by atoms with E-state index in [4.69, 9.17) is 27.9 Å². The summed E-state index contributed by atoms with van der Waals surface area (Å²) >= 11 is 17.1. The minimum atomic E-state index is -0.205. The van der Waals surface area contributed by atoms with Crippen LogP contribution in [0.3, 0.4) is 0 Å². The van der Waals surface area contributed by atoms with Crippen molar-refractivity contribution in [3.05, 3.63) is 115 Å². The van der Waals surface area contributed by atoms with E-state index in [0.717, 1.165) is 38.4 Å². The number of carbonyl (C=O) groups is 1. The summed E-state index contributed by atoms with van der Waals surface area (Å²) in [4.78, 5) is 17.7. The Labute approximate surface area is 243 Å². The van der Waals surface area contributed by atoms with E-state index in [1.807, 2.05) is 68.5 Å². The molecule has 0 bridgehead atoms. The van der Waals surface area contributed by atoms with E-state index < -0.39 is 0 Å². The van der Waals surface area contributed by atoms with Crippen LogP contribution in [0.4, 0.5) is 5.69 Å². The summed E-state index contributed by atoms with van der Waals surface area (Å²) in [6, 6.07) is 23.3. The van der Waals surface area contributed by atoms with Crippen LogP contribution in [-0.4, -0.2) is 15.6 Å². The van der Waals surface area contributed by atoms with Crippen molar-refractivity contribution in [2.45, 2.75) is 20.5 Å². The molecule has 192 valence electrons. The third-order valence-corrected chi connectivity index (χ3v) is 8.22. The van der Waals surface area contributed by atoms with E-state index in [-0.39, 0.29) is 5.91 Å². The normalized spacial score (nSPS) is 15.3. The van der Waals surface area contributed by atoms with Gasteiger partial charge in [-0.15, -0.1) is 0 Å². The Morgan fingerprint density at radius 3 is 2.53 bits per heavy atom. The molecule has 0 spiro atoms. The number of halogens is 3. The van der Waals surface area contributed by atoms with Gasteiger partial charge in [0.25, 0.3) is 5.91 Å². The second kappa shape index (κ2) is 11.4. The van der Waals surface area contributed by atoms with E-state index in [2.05, 4.69) is 36.9 Å². The summed E-state index contributed by atoms with van der Waals surface area (Å²) in [6.45, 7) is 4.58. The number of aliphatic imine (C=N–C) groups is 1. The Balaban J connectivity index is 1.33. The van der Waals surface area contributed by atoms with Crippen LogP contribution in [0.15, 0.2) is 87.2 Å². The molecule has 0 aliphatic carbocycles. The van der Waals surface area contributed by atoms with Crippen LogP contribution in [0.25, 0.3) is 11.8 Å². The molecule has 38 heavy (non-hydrogen) atoms. The summed E-state index contributed by atoms with van der Waals surface area (Å²) in [5.41, 5.74) is 5.66. The van der Waals surface area contributed by atoms with Gasteiger partial charge in [0.05, 0.1) is 20.6 Å². The van der Waals surface area contributed by atoms with Gasteiger partial charge in [0.15, 0.2) is 5.17 Å². The fourth-order valence-corrected chi connectivity index (χ4v) is 5.51. The average molecular weight is 627 g/mol. The summed E-state index contributed by atoms with van der Waals surface area (Å²) in [6.07, 6.45) is 1.89. The Bertz CT molecular complexity index is 1580. The number of ether oxygens (including phenoxy) is 1. The topological polar surface area (TPSA) is 55.6 Å². The molecule has 3 aromatic carbocycles. The predicted molar refractivity (Wildman–Crippen MR) is 161 cm³/mol. The molecule has 1 amide bonds. The molecule has 1 saturated heterocycles. The molecule has 1 N–H and O–H groups in total. The molecular weight excluding hydrogens is 605 g/mol. The third-order valence-electron chi connectivity index (χ3n) is 5.97. The molecule has 0 unspecified atom stereocenters. The number of carbonyl (C=O) groups excluding carboxylic acids is 1. The summed E-state index contributed by atoms with van der Waals surface area (Å²) in [7, 11) is 0. The molecule has 4 aromatic rings. The molecule has 9 heteroatoms. The van der Waals surface area contributed by atoms with Crippen LogP contribution in [0.2, 0.25) is 10.0 Å². The second-order valence-electron chi connectivity index (χ2n) is 8.63. The molecule has 1 fully saturated rings. The van der Waals surface area contributed by atoms with E-state index in [9.17, 15) is 4.79 Å². The highest BCUT2D eigenvalue weighted by molar-refractivity contribution is 9.10. The Hall–Kier alpha value is -2.97. The zero-order chi connectivity index (χ0) is 26.8. The molecule has 1 aliphatic rings. The Kier molecular flexibility index (Phi) is 8.00. The molecular formula is C29H22BrCl2N3O2S. The highest BCUT2D eigenvalue weighted by Crippen LogP contribution is 2.35. The maximum Gasteiger partial charge on any atom is 0.264 e. The number of aromatic nitrogens is 1. The number of nitrogens with zero attached hydrogens (tertiary/aromatic N) is 2. The maximum atomic E-state index is 12.7. The van der Waals surface area contributed by atoms with Crippen LogP contribution < -0.4 is 10.1 Å². The average Bonchev–Trinajstić information content (AvgIpc) is 3.39. The standard InChI is InChI=1S/C29H22BrCl2N3O2S/c1-17-14-20(15-26-28(36)34-29(38-26)33-25-5-3-4-24(31)27(25)32)18(2)35(17)22-10-12-23(13-11-22)37-16-19-6-8-21(30)9-7-19/h3-15H,16H2,1-2H3,(H,33,34,36)/b26-15-. The maximum absolute atomic E-state index is 12.7. The Morgan fingerprint density at radius 1 is 1.05 bits per heavy atom. The minimum absolute atomic E-state index is 0.205. The van der Waals surface area contributed by atoms with E-state index in [1.165, 1.54) is 11.8 Å². The quantitative estimate of drug-likeness (QED) is 0.218. The smallest absolute Gasteiger partial charge is 0.264 e. The molecule has 2 heterocycles. The summed E-state index contributed by atoms with van der Waals surface area (Å²) in [5.74, 6) is 0.594. The van der Waals surface area contributed by atoms with Gasteiger partial charge in [-0.3, -0.25) is 4.79 Å². The number of amidine groups is 1. The number of nitrogens with one attached hydrogen (secondary N) is 1. The van der Waals surface area contributed by atoms with E-state index in [0.29, 0.717) is 32.4 Å².